The van der Waals surface area contributed by atoms with Crippen LogP contribution < -0.4 is 20.1 Å². The summed E-state index contributed by atoms with van der Waals surface area (Å²) < 4.78 is 11.3. The quantitative estimate of drug-likeness (QED) is 0.870. The minimum Gasteiger partial charge on any atom is -0.449 e. The van der Waals surface area contributed by atoms with Gasteiger partial charge < -0.3 is 20.1 Å². The van der Waals surface area contributed by atoms with Crippen molar-refractivity contribution >= 4 is 11.6 Å². The highest BCUT2D eigenvalue weighted by Gasteiger charge is 2.31. The topological polar surface area (TPSA) is 59.6 Å². The van der Waals surface area contributed by atoms with E-state index < -0.39 is 5.79 Å². The molecule has 0 saturated carbocycles. The molecule has 2 aliphatic heterocycles. The average molecular weight is 276 g/mol. The molecule has 1 aromatic carbocycles. The molecule has 1 atom stereocenters. The fraction of sp³-hybridized carbons (Fsp3) is 0.533. The van der Waals surface area contributed by atoms with Gasteiger partial charge in [0.25, 0.3) is 0 Å². The van der Waals surface area contributed by atoms with Gasteiger partial charge in [-0.1, -0.05) is 6.42 Å². The largest absolute Gasteiger partial charge is 0.449 e. The van der Waals surface area contributed by atoms with Crippen LogP contribution in [0.4, 0.5) is 5.69 Å². The number of ether oxygens (including phenoxy) is 2. The van der Waals surface area contributed by atoms with Gasteiger partial charge in [0.1, 0.15) is 0 Å². The Labute approximate surface area is 118 Å². The molecule has 0 aliphatic carbocycles. The van der Waals surface area contributed by atoms with E-state index in [9.17, 15) is 4.79 Å². The molecule has 0 radical (unpaired) electrons. The van der Waals surface area contributed by atoms with Crippen LogP contribution >= 0.6 is 0 Å². The molecule has 2 aliphatic rings. The van der Waals surface area contributed by atoms with Crippen molar-refractivity contribution in [1.29, 1.82) is 0 Å². The van der Waals surface area contributed by atoms with Crippen LogP contribution in [0.1, 0.15) is 33.1 Å². The van der Waals surface area contributed by atoms with Gasteiger partial charge in [-0.3, -0.25) is 4.79 Å². The number of carbonyl (C=O) groups excluding carboxylic acids is 1. The Morgan fingerprint density at radius 1 is 1.30 bits per heavy atom. The van der Waals surface area contributed by atoms with E-state index in [4.69, 9.17) is 9.47 Å². The van der Waals surface area contributed by atoms with Crippen LogP contribution in [0, 0.1) is 0 Å². The van der Waals surface area contributed by atoms with Crippen LogP contribution in [0.25, 0.3) is 0 Å². The lowest BCUT2D eigenvalue weighted by Crippen LogP contribution is -2.43. The Balaban J connectivity index is 1.68. The van der Waals surface area contributed by atoms with E-state index in [0.717, 1.165) is 31.5 Å². The van der Waals surface area contributed by atoms with Gasteiger partial charge in [-0.2, -0.15) is 0 Å². The summed E-state index contributed by atoms with van der Waals surface area (Å²) in [5, 5.41) is 6.17. The monoisotopic (exact) mass is 276 g/mol. The molecule has 1 saturated heterocycles. The van der Waals surface area contributed by atoms with E-state index in [-0.39, 0.29) is 11.9 Å². The molecule has 0 unspecified atom stereocenters. The molecule has 20 heavy (non-hydrogen) atoms. The zero-order chi connectivity index (χ0) is 14.2. The number of amides is 1. The Bertz CT molecular complexity index is 522. The summed E-state index contributed by atoms with van der Waals surface area (Å²) >= 11 is 0. The van der Waals surface area contributed by atoms with Gasteiger partial charge in [0, 0.05) is 25.6 Å². The molecule has 1 aromatic rings. The Morgan fingerprint density at radius 3 is 2.85 bits per heavy atom. The van der Waals surface area contributed by atoms with E-state index in [1.807, 2.05) is 32.0 Å². The lowest BCUT2D eigenvalue weighted by Gasteiger charge is -2.22. The summed E-state index contributed by atoms with van der Waals surface area (Å²) in [4.78, 5) is 12.1. The highest BCUT2D eigenvalue weighted by molar-refractivity contribution is 5.95. The van der Waals surface area contributed by atoms with Crippen molar-refractivity contribution in [2.24, 2.45) is 0 Å². The molecule has 0 spiro atoms. The zero-order valence-electron chi connectivity index (χ0n) is 11.9. The predicted octanol–water partition coefficient (Wildman–Crippen LogP) is 2.27. The molecule has 1 fully saturated rings. The first-order chi connectivity index (χ1) is 9.53. The molecule has 108 valence electrons. The number of rotatable bonds is 2. The maximum Gasteiger partial charge on any atom is 0.246 e. The van der Waals surface area contributed by atoms with Gasteiger partial charge in [-0.05, 0) is 31.5 Å². The molecule has 0 aromatic heterocycles. The van der Waals surface area contributed by atoms with E-state index in [1.165, 1.54) is 0 Å². The van der Waals surface area contributed by atoms with Crippen LogP contribution in [-0.4, -0.2) is 24.3 Å². The first-order valence-corrected chi connectivity index (χ1v) is 7.10. The van der Waals surface area contributed by atoms with Crippen molar-refractivity contribution in [1.82, 2.24) is 5.32 Å². The Kier molecular flexibility index (Phi) is 3.30. The van der Waals surface area contributed by atoms with E-state index >= 15 is 0 Å². The molecule has 2 N–H and O–H groups in total. The van der Waals surface area contributed by atoms with Gasteiger partial charge in [0.05, 0.1) is 6.04 Å². The fourth-order valence-electron chi connectivity index (χ4n) is 2.61. The third-order valence-electron chi connectivity index (χ3n) is 3.55. The lowest BCUT2D eigenvalue weighted by molar-refractivity contribution is -0.118. The summed E-state index contributed by atoms with van der Waals surface area (Å²) in [5.41, 5.74) is 0.738. The molecular formula is C15H20N2O3. The summed E-state index contributed by atoms with van der Waals surface area (Å²) in [7, 11) is 0. The van der Waals surface area contributed by atoms with E-state index in [0.29, 0.717) is 11.5 Å². The van der Waals surface area contributed by atoms with Crippen LogP contribution in [-0.2, 0) is 4.79 Å². The smallest absolute Gasteiger partial charge is 0.246 e. The average Bonchev–Trinajstić information content (AvgIpc) is 2.73. The van der Waals surface area contributed by atoms with Crippen LogP contribution in [0.3, 0.4) is 0 Å². The minimum atomic E-state index is -0.643. The van der Waals surface area contributed by atoms with Crippen molar-refractivity contribution in [3.05, 3.63) is 18.2 Å². The number of anilines is 1. The maximum absolute atomic E-state index is 12.1. The fourth-order valence-corrected chi connectivity index (χ4v) is 2.61. The zero-order valence-corrected chi connectivity index (χ0v) is 11.9. The molecule has 5 heteroatoms. The molecule has 1 amide bonds. The normalized spacial score (nSPS) is 23.4. The van der Waals surface area contributed by atoms with Gasteiger partial charge in [0.2, 0.25) is 11.7 Å². The number of carbonyl (C=O) groups is 1. The van der Waals surface area contributed by atoms with Crippen LogP contribution in [0.15, 0.2) is 18.2 Å². The van der Waals surface area contributed by atoms with Gasteiger partial charge in [-0.25, -0.2) is 0 Å². The van der Waals surface area contributed by atoms with Crippen LogP contribution in [0.2, 0.25) is 0 Å². The highest BCUT2D eigenvalue weighted by atomic mass is 16.7. The Morgan fingerprint density at radius 2 is 2.10 bits per heavy atom. The minimum absolute atomic E-state index is 0.0165. The van der Waals surface area contributed by atoms with Crippen molar-refractivity contribution in [3.8, 4) is 11.5 Å². The second-order valence-electron chi connectivity index (χ2n) is 5.76. The van der Waals surface area contributed by atoms with Gasteiger partial charge >= 0.3 is 0 Å². The van der Waals surface area contributed by atoms with Crippen molar-refractivity contribution in [2.75, 3.05) is 11.9 Å². The van der Waals surface area contributed by atoms with E-state index in [2.05, 4.69) is 10.6 Å². The number of hydrogen-bond acceptors (Lipinski definition) is 4. The lowest BCUT2D eigenvalue weighted by atomic mass is 10.0. The maximum atomic E-state index is 12.1. The summed E-state index contributed by atoms with van der Waals surface area (Å²) in [6, 6.07) is 5.38. The molecule has 2 heterocycles. The second kappa shape index (κ2) is 4.98. The summed E-state index contributed by atoms with van der Waals surface area (Å²) in [6.45, 7) is 4.63. The van der Waals surface area contributed by atoms with E-state index in [1.54, 1.807) is 0 Å². The van der Waals surface area contributed by atoms with Crippen molar-refractivity contribution in [2.45, 2.75) is 44.9 Å². The first-order valence-electron chi connectivity index (χ1n) is 7.10. The van der Waals surface area contributed by atoms with Crippen molar-refractivity contribution in [3.63, 3.8) is 0 Å². The predicted molar refractivity (Wildman–Crippen MR) is 76.0 cm³/mol. The third-order valence-corrected chi connectivity index (χ3v) is 3.55. The third kappa shape index (κ3) is 2.72. The van der Waals surface area contributed by atoms with Crippen LogP contribution in [0.5, 0.6) is 11.5 Å². The SMILES string of the molecule is CC1(C)Oc2ccc(NC(=O)[C@H]3CCCCN3)cc2O1. The number of piperidine rings is 1. The van der Waals surface area contributed by atoms with Gasteiger partial charge in [-0.15, -0.1) is 0 Å². The number of benzene rings is 1. The molecule has 5 nitrogen and oxygen atoms in total. The second-order valence-corrected chi connectivity index (χ2v) is 5.76. The van der Waals surface area contributed by atoms with Gasteiger partial charge in [0.15, 0.2) is 11.5 Å². The standard InChI is InChI=1S/C15H20N2O3/c1-15(2)19-12-7-6-10(9-13(12)20-15)17-14(18)11-5-3-4-8-16-11/h6-7,9,11,16H,3-5,8H2,1-2H3,(H,17,18)/t11-/m1/s1. The highest BCUT2D eigenvalue weighted by Crippen LogP contribution is 2.40. The molecular weight excluding hydrogens is 256 g/mol. The number of hydrogen-bond donors (Lipinski definition) is 2. The summed E-state index contributed by atoms with van der Waals surface area (Å²) in [6.07, 6.45) is 3.13. The number of fused-ring (bicyclic) bond motifs is 1. The molecule has 3 rings (SSSR count). The first kappa shape index (κ1) is 13.2. The Hall–Kier alpha value is -1.75. The number of nitrogens with one attached hydrogen (secondary N) is 2. The molecule has 0 bridgehead atoms. The summed E-state index contributed by atoms with van der Waals surface area (Å²) in [5.74, 6) is 0.756. The van der Waals surface area contributed by atoms with Crippen molar-refractivity contribution < 1.29 is 14.3 Å².